The molecular weight excluding hydrogens is 352 g/mol. The summed E-state index contributed by atoms with van der Waals surface area (Å²) in [6, 6.07) is 5.45. The van der Waals surface area contributed by atoms with Gasteiger partial charge in [-0.05, 0) is 24.6 Å². The molecule has 1 atom stereocenters. The number of hydrogen-bond donors (Lipinski definition) is 1. The number of benzene rings is 1. The van der Waals surface area contributed by atoms with Crippen molar-refractivity contribution in [1.29, 1.82) is 0 Å². The van der Waals surface area contributed by atoms with E-state index >= 15 is 0 Å². The highest BCUT2D eigenvalue weighted by atomic mass is 16.5. The van der Waals surface area contributed by atoms with Crippen molar-refractivity contribution in [3.05, 3.63) is 35.5 Å². The molecule has 146 valence electrons. The van der Waals surface area contributed by atoms with E-state index in [1.165, 1.54) is 0 Å². The minimum absolute atomic E-state index is 0.196. The van der Waals surface area contributed by atoms with Crippen molar-refractivity contribution in [1.82, 2.24) is 15.0 Å². The molecule has 0 radical (unpaired) electrons. The lowest BCUT2D eigenvalue weighted by Gasteiger charge is -2.32. The summed E-state index contributed by atoms with van der Waals surface area (Å²) in [5.41, 5.74) is 1.68. The molecule has 1 fully saturated rings. The number of ether oxygens (including phenoxy) is 3. The smallest absolute Gasteiger partial charge is 0.322 e. The highest BCUT2D eigenvalue weighted by Crippen LogP contribution is 2.25. The van der Waals surface area contributed by atoms with Crippen LogP contribution in [0.2, 0.25) is 0 Å². The Morgan fingerprint density at radius 2 is 2.26 bits per heavy atom. The van der Waals surface area contributed by atoms with E-state index in [-0.39, 0.29) is 12.1 Å². The summed E-state index contributed by atoms with van der Waals surface area (Å²) in [4.78, 5) is 18.6. The van der Waals surface area contributed by atoms with Gasteiger partial charge in [0.1, 0.15) is 12.4 Å². The molecule has 1 aliphatic rings. The van der Waals surface area contributed by atoms with Crippen molar-refractivity contribution in [3.8, 4) is 5.75 Å². The first kappa shape index (κ1) is 19.1. The van der Waals surface area contributed by atoms with Crippen LogP contribution < -0.4 is 10.1 Å². The Morgan fingerprint density at radius 3 is 3.04 bits per heavy atom. The zero-order valence-corrected chi connectivity index (χ0v) is 15.7. The van der Waals surface area contributed by atoms with Crippen LogP contribution in [0.25, 0.3) is 0 Å². The second kappa shape index (κ2) is 8.83. The first-order chi connectivity index (χ1) is 13.1. The molecule has 3 rings (SSSR count). The van der Waals surface area contributed by atoms with E-state index in [1.54, 1.807) is 19.1 Å². The van der Waals surface area contributed by atoms with E-state index in [4.69, 9.17) is 18.7 Å². The Hall–Kier alpha value is -2.65. The van der Waals surface area contributed by atoms with E-state index in [1.807, 2.05) is 25.1 Å². The monoisotopic (exact) mass is 376 g/mol. The molecular formula is C18H24N4O5. The fourth-order valence-electron chi connectivity index (χ4n) is 2.90. The van der Waals surface area contributed by atoms with E-state index in [2.05, 4.69) is 15.5 Å². The average Bonchev–Trinajstić information content (AvgIpc) is 3.09. The Kier molecular flexibility index (Phi) is 6.25. The van der Waals surface area contributed by atoms with Crippen molar-refractivity contribution in [2.75, 3.05) is 39.2 Å². The van der Waals surface area contributed by atoms with Gasteiger partial charge in [0.25, 0.3) is 0 Å². The largest absolute Gasteiger partial charge is 0.495 e. The molecule has 1 aromatic carbocycles. The summed E-state index contributed by atoms with van der Waals surface area (Å²) in [7, 11) is 3.15. The molecule has 2 heterocycles. The molecule has 1 saturated heterocycles. The quantitative estimate of drug-likeness (QED) is 0.823. The van der Waals surface area contributed by atoms with Crippen LogP contribution in [-0.4, -0.2) is 61.1 Å². The lowest BCUT2D eigenvalue weighted by molar-refractivity contribution is -0.0148. The summed E-state index contributed by atoms with van der Waals surface area (Å²) in [5, 5.41) is 6.75. The number of aryl methyl sites for hydroxylation is 1. The third-order valence-electron chi connectivity index (χ3n) is 4.21. The van der Waals surface area contributed by atoms with Gasteiger partial charge in [0.15, 0.2) is 5.82 Å². The number of anilines is 1. The third kappa shape index (κ3) is 4.95. The van der Waals surface area contributed by atoms with Crippen LogP contribution in [0.5, 0.6) is 5.75 Å². The number of aromatic nitrogens is 2. The van der Waals surface area contributed by atoms with Crippen molar-refractivity contribution in [3.63, 3.8) is 0 Å². The number of nitrogens with one attached hydrogen (secondary N) is 1. The van der Waals surface area contributed by atoms with Crippen molar-refractivity contribution < 1.29 is 23.5 Å². The van der Waals surface area contributed by atoms with Crippen LogP contribution in [0.3, 0.4) is 0 Å². The van der Waals surface area contributed by atoms with Gasteiger partial charge in [-0.25, -0.2) is 4.79 Å². The molecule has 0 aliphatic carbocycles. The maximum atomic E-state index is 12.7. The molecule has 1 aliphatic heterocycles. The van der Waals surface area contributed by atoms with Crippen LogP contribution in [0, 0.1) is 6.92 Å². The van der Waals surface area contributed by atoms with Gasteiger partial charge in [-0.1, -0.05) is 11.2 Å². The van der Waals surface area contributed by atoms with Gasteiger partial charge in [0, 0.05) is 20.2 Å². The molecule has 27 heavy (non-hydrogen) atoms. The fourth-order valence-corrected chi connectivity index (χ4v) is 2.90. The Bertz CT molecular complexity index is 779. The van der Waals surface area contributed by atoms with E-state index < -0.39 is 0 Å². The number of amides is 2. The molecule has 0 spiro atoms. The third-order valence-corrected chi connectivity index (χ3v) is 4.21. The summed E-state index contributed by atoms with van der Waals surface area (Å²) in [6.45, 7) is 3.64. The fraction of sp³-hybridized carbons (Fsp3) is 0.500. The summed E-state index contributed by atoms with van der Waals surface area (Å²) >= 11 is 0. The topological polar surface area (TPSA) is 99.0 Å². The van der Waals surface area contributed by atoms with Crippen LogP contribution in [0.4, 0.5) is 10.5 Å². The Morgan fingerprint density at radius 1 is 1.41 bits per heavy atom. The minimum Gasteiger partial charge on any atom is -0.495 e. The molecule has 9 heteroatoms. The van der Waals surface area contributed by atoms with Gasteiger partial charge >= 0.3 is 6.03 Å². The second-order valence-corrected chi connectivity index (χ2v) is 6.31. The van der Waals surface area contributed by atoms with Gasteiger partial charge in [0.2, 0.25) is 5.89 Å². The Labute approximate surface area is 157 Å². The summed E-state index contributed by atoms with van der Waals surface area (Å²) in [5.74, 6) is 1.58. The predicted octanol–water partition coefficient (Wildman–Crippen LogP) is 2.01. The van der Waals surface area contributed by atoms with Gasteiger partial charge in [0.05, 0.1) is 31.9 Å². The number of carbonyl (C=O) groups excluding carboxylic acids is 1. The highest BCUT2D eigenvalue weighted by Gasteiger charge is 2.26. The van der Waals surface area contributed by atoms with Gasteiger partial charge < -0.3 is 29.0 Å². The molecule has 1 aromatic heterocycles. The normalized spacial score (nSPS) is 17.0. The van der Waals surface area contributed by atoms with Crippen LogP contribution in [0.1, 0.15) is 17.3 Å². The van der Waals surface area contributed by atoms with E-state index in [9.17, 15) is 4.79 Å². The first-order valence-corrected chi connectivity index (χ1v) is 8.71. The number of morpholine rings is 1. The maximum absolute atomic E-state index is 12.7. The van der Waals surface area contributed by atoms with Gasteiger partial charge in [-0.3, -0.25) is 0 Å². The Balaban J connectivity index is 1.60. The SMILES string of the molecule is COCc1noc(C[C@H]2CN(C(=O)Nc3cc(C)ccc3OC)CCO2)n1. The number of urea groups is 1. The van der Waals surface area contributed by atoms with Crippen molar-refractivity contribution in [2.24, 2.45) is 0 Å². The summed E-state index contributed by atoms with van der Waals surface area (Å²) < 4.78 is 21.2. The predicted molar refractivity (Wildman–Crippen MR) is 96.8 cm³/mol. The molecule has 0 bridgehead atoms. The standard InChI is InChI=1S/C18H24N4O5/c1-12-4-5-15(25-3)14(8-12)19-18(23)22-6-7-26-13(10-22)9-17-20-16(11-24-2)21-27-17/h4-5,8,13H,6-7,9-11H2,1-3H3,(H,19,23)/t13-/m0/s1. The molecule has 2 amide bonds. The number of hydrogen-bond acceptors (Lipinski definition) is 7. The molecule has 2 aromatic rings. The molecule has 0 saturated carbocycles. The van der Waals surface area contributed by atoms with Gasteiger partial charge in [-0.2, -0.15) is 4.98 Å². The zero-order valence-electron chi connectivity index (χ0n) is 15.7. The van der Waals surface area contributed by atoms with E-state index in [0.717, 1.165) is 5.56 Å². The van der Waals surface area contributed by atoms with Crippen LogP contribution in [0.15, 0.2) is 22.7 Å². The zero-order chi connectivity index (χ0) is 19.2. The summed E-state index contributed by atoms with van der Waals surface area (Å²) in [6.07, 6.45) is 0.230. The molecule has 1 N–H and O–H groups in total. The highest BCUT2D eigenvalue weighted by molar-refractivity contribution is 5.91. The number of nitrogens with zero attached hydrogens (tertiary/aromatic N) is 3. The second-order valence-electron chi connectivity index (χ2n) is 6.31. The number of methoxy groups -OCH3 is 2. The first-order valence-electron chi connectivity index (χ1n) is 8.71. The van der Waals surface area contributed by atoms with Crippen molar-refractivity contribution in [2.45, 2.75) is 26.1 Å². The lowest BCUT2D eigenvalue weighted by Crippen LogP contribution is -2.48. The van der Waals surface area contributed by atoms with Crippen molar-refractivity contribution >= 4 is 11.7 Å². The van der Waals surface area contributed by atoms with Crippen LogP contribution >= 0.6 is 0 Å². The minimum atomic E-state index is -0.209. The number of carbonyl (C=O) groups is 1. The average molecular weight is 376 g/mol. The van der Waals surface area contributed by atoms with Crippen LogP contribution in [-0.2, 0) is 22.5 Å². The van der Waals surface area contributed by atoms with E-state index in [0.29, 0.717) is 55.9 Å². The molecule has 0 unspecified atom stereocenters. The number of rotatable bonds is 6. The molecule has 9 nitrogen and oxygen atoms in total. The lowest BCUT2D eigenvalue weighted by atomic mass is 10.2. The maximum Gasteiger partial charge on any atom is 0.322 e. The van der Waals surface area contributed by atoms with Gasteiger partial charge in [-0.15, -0.1) is 0 Å².